The van der Waals surface area contributed by atoms with Crippen LogP contribution in [0.5, 0.6) is 0 Å². The van der Waals surface area contributed by atoms with Crippen molar-refractivity contribution in [1.29, 1.82) is 0 Å². The maximum Gasteiger partial charge on any atom is 0.128 e. The number of nitrogens with one attached hydrogen (secondary N) is 1. The number of hydrogen-bond acceptors (Lipinski definition) is 2. The monoisotopic (exact) mass is 279 g/mol. The van der Waals surface area contributed by atoms with Crippen molar-refractivity contribution in [3.63, 3.8) is 0 Å². The molecule has 112 valence electrons. The van der Waals surface area contributed by atoms with Crippen LogP contribution in [0.2, 0.25) is 0 Å². The Bertz CT molecular complexity index is 439. The predicted molar refractivity (Wildman–Crippen MR) is 80.4 cm³/mol. The maximum atomic E-state index is 14.3. The Hall–Kier alpha value is -0.930. The Kier molecular flexibility index (Phi) is 5.17. The lowest BCUT2D eigenvalue weighted by molar-refractivity contribution is -0.0530. The fourth-order valence-electron chi connectivity index (χ4n) is 3.52. The van der Waals surface area contributed by atoms with E-state index in [1.165, 1.54) is 12.8 Å². The van der Waals surface area contributed by atoms with Gasteiger partial charge in [0.05, 0.1) is 11.6 Å². The van der Waals surface area contributed by atoms with E-state index in [2.05, 4.69) is 5.32 Å². The first-order valence-electron chi connectivity index (χ1n) is 7.61. The molecule has 0 spiro atoms. The zero-order valence-corrected chi connectivity index (χ0v) is 12.8. The molecule has 1 fully saturated rings. The molecule has 1 aromatic carbocycles. The second-order valence-electron chi connectivity index (χ2n) is 5.93. The van der Waals surface area contributed by atoms with Gasteiger partial charge in [-0.25, -0.2) is 4.39 Å². The number of likely N-dealkylation sites (N-methyl/N-ethyl adjacent to an activating group) is 1. The van der Waals surface area contributed by atoms with Crippen LogP contribution in [0.1, 0.15) is 55.7 Å². The van der Waals surface area contributed by atoms with Crippen LogP contribution >= 0.6 is 0 Å². The van der Waals surface area contributed by atoms with Gasteiger partial charge in [0.25, 0.3) is 0 Å². The summed E-state index contributed by atoms with van der Waals surface area (Å²) in [4.78, 5) is 0. The second-order valence-corrected chi connectivity index (χ2v) is 5.93. The molecule has 20 heavy (non-hydrogen) atoms. The van der Waals surface area contributed by atoms with Gasteiger partial charge >= 0.3 is 0 Å². The fraction of sp³-hybridized carbons (Fsp3) is 0.647. The zero-order chi connectivity index (χ0) is 14.6. The molecule has 0 radical (unpaired) electrons. The zero-order valence-electron chi connectivity index (χ0n) is 12.8. The first-order valence-corrected chi connectivity index (χ1v) is 7.61. The normalized spacial score (nSPS) is 20.4. The lowest BCUT2D eigenvalue weighted by Gasteiger charge is -2.39. The van der Waals surface area contributed by atoms with Crippen LogP contribution in [0, 0.1) is 12.7 Å². The van der Waals surface area contributed by atoms with Gasteiger partial charge in [-0.1, -0.05) is 43.4 Å². The standard InChI is InChI=1S/C17H26FNO/c1-13-8-9-15(18)14(12-13)16(19-2)17(20-3)10-6-4-5-7-11-17/h8-9,12,16,19H,4-7,10-11H2,1-3H3. The fourth-order valence-corrected chi connectivity index (χ4v) is 3.52. The molecule has 0 aromatic heterocycles. The molecule has 2 rings (SSSR count). The minimum Gasteiger partial charge on any atom is -0.376 e. The van der Waals surface area contributed by atoms with Crippen LogP contribution in [-0.4, -0.2) is 19.8 Å². The van der Waals surface area contributed by atoms with Gasteiger partial charge < -0.3 is 10.1 Å². The SMILES string of the molecule is CNC(c1cc(C)ccc1F)C1(OC)CCCCCC1. The van der Waals surface area contributed by atoms with Gasteiger partial charge in [-0.15, -0.1) is 0 Å². The van der Waals surface area contributed by atoms with Crippen LogP contribution in [-0.2, 0) is 4.74 Å². The molecular weight excluding hydrogens is 253 g/mol. The minimum absolute atomic E-state index is 0.0921. The van der Waals surface area contributed by atoms with E-state index < -0.39 is 0 Å². The first kappa shape index (κ1) is 15.5. The highest BCUT2D eigenvalue weighted by Crippen LogP contribution is 2.40. The van der Waals surface area contributed by atoms with Gasteiger partial charge in [0.1, 0.15) is 5.82 Å². The average Bonchev–Trinajstić information content (AvgIpc) is 2.70. The van der Waals surface area contributed by atoms with Crippen molar-refractivity contribution in [2.75, 3.05) is 14.2 Å². The molecule has 1 atom stereocenters. The van der Waals surface area contributed by atoms with Crippen molar-refractivity contribution in [1.82, 2.24) is 5.32 Å². The summed E-state index contributed by atoms with van der Waals surface area (Å²) in [6.07, 6.45) is 6.78. The van der Waals surface area contributed by atoms with Crippen molar-refractivity contribution < 1.29 is 9.13 Å². The van der Waals surface area contributed by atoms with Gasteiger partial charge in [-0.05, 0) is 32.9 Å². The first-order chi connectivity index (χ1) is 9.63. The topological polar surface area (TPSA) is 21.3 Å². The molecule has 3 heteroatoms. The van der Waals surface area contributed by atoms with Crippen LogP contribution in [0.15, 0.2) is 18.2 Å². The Morgan fingerprint density at radius 3 is 2.40 bits per heavy atom. The number of rotatable bonds is 4. The van der Waals surface area contributed by atoms with E-state index in [4.69, 9.17) is 4.74 Å². The average molecular weight is 279 g/mol. The van der Waals surface area contributed by atoms with Crippen LogP contribution in [0.3, 0.4) is 0 Å². The number of halogens is 1. The van der Waals surface area contributed by atoms with Gasteiger partial charge in [-0.2, -0.15) is 0 Å². The third-order valence-electron chi connectivity index (χ3n) is 4.63. The Balaban J connectivity index is 2.40. The van der Waals surface area contributed by atoms with E-state index in [9.17, 15) is 4.39 Å². The third-order valence-corrected chi connectivity index (χ3v) is 4.63. The molecule has 0 saturated heterocycles. The number of aryl methyl sites for hydroxylation is 1. The molecule has 0 heterocycles. The lowest BCUT2D eigenvalue weighted by Crippen LogP contribution is -2.44. The summed E-state index contributed by atoms with van der Waals surface area (Å²) in [6, 6.07) is 5.24. The van der Waals surface area contributed by atoms with Gasteiger partial charge in [0.2, 0.25) is 0 Å². The predicted octanol–water partition coefficient (Wildman–Crippen LogP) is 4.13. The summed E-state index contributed by atoms with van der Waals surface area (Å²) >= 11 is 0. The smallest absolute Gasteiger partial charge is 0.128 e. The molecule has 0 aliphatic heterocycles. The molecule has 1 N–H and O–H groups in total. The second kappa shape index (κ2) is 6.68. The van der Waals surface area contributed by atoms with Crippen molar-refractivity contribution in [3.8, 4) is 0 Å². The minimum atomic E-state index is -0.292. The Morgan fingerprint density at radius 2 is 1.85 bits per heavy atom. The summed E-state index contributed by atoms with van der Waals surface area (Å²) in [7, 11) is 3.67. The highest BCUT2D eigenvalue weighted by molar-refractivity contribution is 5.29. The van der Waals surface area contributed by atoms with Crippen molar-refractivity contribution in [2.24, 2.45) is 0 Å². The largest absolute Gasteiger partial charge is 0.376 e. The molecular formula is C17H26FNO. The van der Waals surface area contributed by atoms with Crippen LogP contribution < -0.4 is 5.32 Å². The molecule has 1 aromatic rings. The molecule has 2 nitrogen and oxygen atoms in total. The van der Waals surface area contributed by atoms with E-state index >= 15 is 0 Å². The highest BCUT2D eigenvalue weighted by Gasteiger charge is 2.40. The molecule has 0 bridgehead atoms. The maximum absolute atomic E-state index is 14.3. The number of methoxy groups -OCH3 is 1. The molecule has 1 unspecified atom stereocenters. The van der Waals surface area contributed by atoms with Crippen LogP contribution in [0.4, 0.5) is 4.39 Å². The molecule has 1 aliphatic carbocycles. The van der Waals surface area contributed by atoms with E-state index in [0.717, 1.165) is 36.8 Å². The summed E-state index contributed by atoms with van der Waals surface area (Å²) in [6.45, 7) is 2.00. The number of benzene rings is 1. The Labute approximate surface area is 121 Å². The molecule has 1 aliphatic rings. The summed E-state index contributed by atoms with van der Waals surface area (Å²) in [5.41, 5.74) is 1.53. The van der Waals surface area contributed by atoms with E-state index in [0.29, 0.717) is 0 Å². The quantitative estimate of drug-likeness (QED) is 0.837. The van der Waals surface area contributed by atoms with Crippen molar-refractivity contribution >= 4 is 0 Å². The van der Waals surface area contributed by atoms with E-state index in [1.807, 2.05) is 26.1 Å². The van der Waals surface area contributed by atoms with Crippen molar-refractivity contribution in [3.05, 3.63) is 35.1 Å². The van der Waals surface area contributed by atoms with Gasteiger partial charge in [-0.3, -0.25) is 0 Å². The van der Waals surface area contributed by atoms with Gasteiger partial charge in [0.15, 0.2) is 0 Å². The summed E-state index contributed by atoms with van der Waals surface area (Å²) in [5, 5.41) is 3.31. The molecule has 0 amide bonds. The van der Waals surface area contributed by atoms with Crippen LogP contribution in [0.25, 0.3) is 0 Å². The summed E-state index contributed by atoms with van der Waals surface area (Å²) < 4.78 is 20.2. The third kappa shape index (κ3) is 3.04. The van der Waals surface area contributed by atoms with Crippen molar-refractivity contribution in [2.45, 2.75) is 57.1 Å². The van der Waals surface area contributed by atoms with E-state index in [-0.39, 0.29) is 17.5 Å². The highest BCUT2D eigenvalue weighted by atomic mass is 19.1. The summed E-state index contributed by atoms with van der Waals surface area (Å²) in [5.74, 6) is -0.143. The van der Waals surface area contributed by atoms with Gasteiger partial charge in [0, 0.05) is 12.7 Å². The lowest BCUT2D eigenvalue weighted by atomic mass is 9.81. The Morgan fingerprint density at radius 1 is 1.20 bits per heavy atom. The molecule has 1 saturated carbocycles. The number of ether oxygens (including phenoxy) is 1. The van der Waals surface area contributed by atoms with E-state index in [1.54, 1.807) is 13.2 Å². The number of hydrogen-bond donors (Lipinski definition) is 1.